The molecule has 1 aliphatic heterocycles. The SMILES string of the molecule is Cc1cc(C(N)C(C)(C)N2CCCCC2)cs1. The van der Waals surface area contributed by atoms with Crippen molar-refractivity contribution in [2.75, 3.05) is 13.1 Å². The second kappa shape index (κ2) is 5.09. The summed E-state index contributed by atoms with van der Waals surface area (Å²) in [5.74, 6) is 0. The zero-order chi connectivity index (χ0) is 12.5. The van der Waals surface area contributed by atoms with Crippen LogP contribution in [0.1, 0.15) is 49.6 Å². The predicted octanol–water partition coefficient (Wildman–Crippen LogP) is 3.32. The number of nitrogens with two attached hydrogens (primary N) is 1. The van der Waals surface area contributed by atoms with Crippen LogP contribution in [-0.2, 0) is 0 Å². The molecule has 2 N–H and O–H groups in total. The fourth-order valence-corrected chi connectivity index (χ4v) is 3.44. The Hall–Kier alpha value is -0.380. The second-order valence-electron chi connectivity index (χ2n) is 5.67. The fourth-order valence-electron chi connectivity index (χ4n) is 2.70. The molecule has 0 radical (unpaired) electrons. The van der Waals surface area contributed by atoms with E-state index in [2.05, 4.69) is 37.1 Å². The van der Waals surface area contributed by atoms with Gasteiger partial charge in [0, 0.05) is 16.5 Å². The summed E-state index contributed by atoms with van der Waals surface area (Å²) in [6.07, 6.45) is 4.01. The van der Waals surface area contributed by atoms with E-state index in [-0.39, 0.29) is 11.6 Å². The van der Waals surface area contributed by atoms with Crippen LogP contribution in [0.3, 0.4) is 0 Å². The van der Waals surface area contributed by atoms with Crippen LogP contribution in [0.15, 0.2) is 11.4 Å². The van der Waals surface area contributed by atoms with Crippen LogP contribution in [0.5, 0.6) is 0 Å². The minimum Gasteiger partial charge on any atom is -0.322 e. The van der Waals surface area contributed by atoms with Crippen LogP contribution in [-0.4, -0.2) is 23.5 Å². The van der Waals surface area contributed by atoms with Gasteiger partial charge in [-0.15, -0.1) is 11.3 Å². The van der Waals surface area contributed by atoms with E-state index >= 15 is 0 Å². The molecule has 1 saturated heterocycles. The molecule has 3 heteroatoms. The Kier molecular flexibility index (Phi) is 3.91. The van der Waals surface area contributed by atoms with Crippen molar-refractivity contribution in [2.24, 2.45) is 5.73 Å². The largest absolute Gasteiger partial charge is 0.322 e. The summed E-state index contributed by atoms with van der Waals surface area (Å²) in [5.41, 5.74) is 7.84. The number of hydrogen-bond donors (Lipinski definition) is 1. The van der Waals surface area contributed by atoms with Gasteiger partial charge in [-0.05, 0) is 63.7 Å². The monoisotopic (exact) mass is 252 g/mol. The van der Waals surface area contributed by atoms with E-state index in [9.17, 15) is 0 Å². The van der Waals surface area contributed by atoms with Gasteiger partial charge in [0.2, 0.25) is 0 Å². The van der Waals surface area contributed by atoms with E-state index in [1.165, 1.54) is 42.8 Å². The lowest BCUT2D eigenvalue weighted by molar-refractivity contribution is 0.0731. The van der Waals surface area contributed by atoms with Crippen molar-refractivity contribution in [3.63, 3.8) is 0 Å². The van der Waals surface area contributed by atoms with Gasteiger partial charge in [-0.3, -0.25) is 4.90 Å². The average Bonchev–Trinajstić information content (AvgIpc) is 2.76. The van der Waals surface area contributed by atoms with Crippen molar-refractivity contribution >= 4 is 11.3 Å². The minimum atomic E-state index is 0.0634. The summed E-state index contributed by atoms with van der Waals surface area (Å²) >= 11 is 1.80. The average molecular weight is 252 g/mol. The molecule has 1 fully saturated rings. The first-order chi connectivity index (χ1) is 8.01. The van der Waals surface area contributed by atoms with E-state index < -0.39 is 0 Å². The molecule has 2 rings (SSSR count). The van der Waals surface area contributed by atoms with E-state index in [0.717, 1.165) is 0 Å². The number of hydrogen-bond acceptors (Lipinski definition) is 3. The Bertz CT molecular complexity index is 364. The number of piperidine rings is 1. The molecule has 1 unspecified atom stereocenters. The van der Waals surface area contributed by atoms with Crippen molar-refractivity contribution in [3.05, 3.63) is 21.9 Å². The summed E-state index contributed by atoms with van der Waals surface area (Å²) in [4.78, 5) is 3.92. The Morgan fingerprint density at radius 3 is 2.47 bits per heavy atom. The lowest BCUT2D eigenvalue weighted by Crippen LogP contribution is -2.52. The van der Waals surface area contributed by atoms with Crippen LogP contribution in [0, 0.1) is 6.92 Å². The first-order valence-corrected chi connectivity index (χ1v) is 7.45. The number of likely N-dealkylation sites (tertiary alicyclic amines) is 1. The Labute approximate surface area is 109 Å². The van der Waals surface area contributed by atoms with Gasteiger partial charge in [0.25, 0.3) is 0 Å². The quantitative estimate of drug-likeness (QED) is 0.894. The standard InChI is InChI=1S/C14H24N2S/c1-11-9-12(10-17-11)13(15)14(2,3)16-7-5-4-6-8-16/h9-10,13H,4-8,15H2,1-3H3. The Morgan fingerprint density at radius 1 is 1.29 bits per heavy atom. The van der Waals surface area contributed by atoms with E-state index in [1.807, 2.05) is 0 Å². The zero-order valence-corrected chi connectivity index (χ0v) is 12.0. The van der Waals surface area contributed by atoms with Crippen molar-refractivity contribution in [3.8, 4) is 0 Å². The molecule has 1 aromatic heterocycles. The van der Waals surface area contributed by atoms with Gasteiger partial charge in [-0.1, -0.05) is 6.42 Å². The molecule has 1 atom stereocenters. The first-order valence-electron chi connectivity index (χ1n) is 6.57. The van der Waals surface area contributed by atoms with Crippen LogP contribution in [0.25, 0.3) is 0 Å². The van der Waals surface area contributed by atoms with Crippen molar-refractivity contribution < 1.29 is 0 Å². The maximum absolute atomic E-state index is 6.48. The topological polar surface area (TPSA) is 29.3 Å². The van der Waals surface area contributed by atoms with Gasteiger partial charge < -0.3 is 5.73 Å². The highest BCUT2D eigenvalue weighted by Gasteiger charge is 2.34. The van der Waals surface area contributed by atoms with Gasteiger partial charge in [-0.2, -0.15) is 0 Å². The van der Waals surface area contributed by atoms with Crippen LogP contribution >= 0.6 is 11.3 Å². The highest BCUT2D eigenvalue weighted by molar-refractivity contribution is 7.10. The molecule has 0 aromatic carbocycles. The second-order valence-corrected chi connectivity index (χ2v) is 6.79. The highest BCUT2D eigenvalue weighted by atomic mass is 32.1. The molecule has 1 aromatic rings. The third-order valence-electron chi connectivity index (χ3n) is 4.04. The van der Waals surface area contributed by atoms with Crippen molar-refractivity contribution in [1.82, 2.24) is 4.90 Å². The van der Waals surface area contributed by atoms with Crippen LogP contribution < -0.4 is 5.73 Å². The molecule has 2 heterocycles. The molecule has 1 aliphatic rings. The van der Waals surface area contributed by atoms with Crippen LogP contribution in [0.2, 0.25) is 0 Å². The lowest BCUT2D eigenvalue weighted by Gasteiger charge is -2.44. The summed E-state index contributed by atoms with van der Waals surface area (Å²) in [5, 5.41) is 2.21. The summed E-state index contributed by atoms with van der Waals surface area (Å²) in [6.45, 7) is 9.12. The summed E-state index contributed by atoms with van der Waals surface area (Å²) < 4.78 is 0. The summed E-state index contributed by atoms with van der Waals surface area (Å²) in [6, 6.07) is 2.35. The normalized spacial score (nSPS) is 20.5. The third kappa shape index (κ3) is 2.72. The number of rotatable bonds is 3. The van der Waals surface area contributed by atoms with Gasteiger partial charge in [0.05, 0.1) is 0 Å². The lowest BCUT2D eigenvalue weighted by atomic mass is 9.87. The maximum atomic E-state index is 6.48. The molecular weight excluding hydrogens is 228 g/mol. The summed E-state index contributed by atoms with van der Waals surface area (Å²) in [7, 11) is 0. The smallest absolute Gasteiger partial charge is 0.0485 e. The number of aryl methyl sites for hydroxylation is 1. The van der Waals surface area contributed by atoms with Gasteiger partial charge in [0.1, 0.15) is 0 Å². The van der Waals surface area contributed by atoms with E-state index in [0.29, 0.717) is 0 Å². The third-order valence-corrected chi connectivity index (χ3v) is 4.92. The van der Waals surface area contributed by atoms with Crippen LogP contribution in [0.4, 0.5) is 0 Å². The highest BCUT2D eigenvalue weighted by Crippen LogP contribution is 2.33. The molecule has 0 bridgehead atoms. The van der Waals surface area contributed by atoms with Gasteiger partial charge >= 0.3 is 0 Å². The number of nitrogens with zero attached hydrogens (tertiary/aromatic N) is 1. The molecule has 0 saturated carbocycles. The molecule has 96 valence electrons. The van der Waals surface area contributed by atoms with Crippen molar-refractivity contribution in [2.45, 2.75) is 51.6 Å². The van der Waals surface area contributed by atoms with E-state index in [1.54, 1.807) is 11.3 Å². The van der Waals surface area contributed by atoms with Gasteiger partial charge in [-0.25, -0.2) is 0 Å². The Balaban J connectivity index is 2.13. The molecular formula is C14H24N2S. The minimum absolute atomic E-state index is 0.0634. The van der Waals surface area contributed by atoms with Gasteiger partial charge in [0.15, 0.2) is 0 Å². The molecule has 17 heavy (non-hydrogen) atoms. The molecule has 0 aliphatic carbocycles. The zero-order valence-electron chi connectivity index (χ0n) is 11.2. The first kappa shape index (κ1) is 13.1. The molecule has 2 nitrogen and oxygen atoms in total. The predicted molar refractivity (Wildman–Crippen MR) is 75.5 cm³/mol. The molecule has 0 spiro atoms. The van der Waals surface area contributed by atoms with Crippen molar-refractivity contribution in [1.29, 1.82) is 0 Å². The fraction of sp³-hybridized carbons (Fsp3) is 0.714. The Morgan fingerprint density at radius 2 is 1.94 bits per heavy atom. The van der Waals surface area contributed by atoms with E-state index in [4.69, 9.17) is 5.73 Å². The number of thiophene rings is 1. The molecule has 0 amide bonds. The maximum Gasteiger partial charge on any atom is 0.0485 e.